The molecule has 3 heterocycles. The summed E-state index contributed by atoms with van der Waals surface area (Å²) in [6.07, 6.45) is 6.52. The summed E-state index contributed by atoms with van der Waals surface area (Å²) in [7, 11) is 0. The summed E-state index contributed by atoms with van der Waals surface area (Å²) in [5.41, 5.74) is 3.27. The van der Waals surface area contributed by atoms with Crippen LogP contribution < -0.4 is 10.6 Å². The molecule has 1 spiro atoms. The molecule has 3 N–H and O–H groups in total. The van der Waals surface area contributed by atoms with Crippen molar-refractivity contribution in [3.8, 4) is 10.4 Å². The third-order valence-corrected chi connectivity index (χ3v) is 13.5. The van der Waals surface area contributed by atoms with Gasteiger partial charge in [0.25, 0.3) is 5.92 Å². The summed E-state index contributed by atoms with van der Waals surface area (Å²) < 4.78 is 27.8. The molecule has 4 aliphatic rings. The van der Waals surface area contributed by atoms with E-state index >= 15 is 0 Å². The molecule has 1 aromatic heterocycles. The van der Waals surface area contributed by atoms with Crippen molar-refractivity contribution < 1.29 is 28.3 Å². The van der Waals surface area contributed by atoms with Gasteiger partial charge >= 0.3 is 0 Å². The van der Waals surface area contributed by atoms with Crippen LogP contribution in [0.2, 0.25) is 0 Å². The summed E-state index contributed by atoms with van der Waals surface area (Å²) in [6, 6.07) is 6.73. The Morgan fingerprint density at radius 1 is 1.08 bits per heavy atom. The Morgan fingerprint density at radius 3 is 2.29 bits per heavy atom. The summed E-state index contributed by atoms with van der Waals surface area (Å²) in [4.78, 5) is 50.5. The summed E-state index contributed by atoms with van der Waals surface area (Å²) in [5.74, 6) is -2.90. The van der Waals surface area contributed by atoms with Gasteiger partial charge in [-0.05, 0) is 98.8 Å². The fraction of sp³-hybridized carbons (Fsp3) is 0.700. The van der Waals surface area contributed by atoms with E-state index in [-0.39, 0.29) is 47.9 Å². The molecule has 9 nitrogen and oxygen atoms in total. The number of nitrogens with zero attached hydrogens (tertiary/aromatic N) is 3. The van der Waals surface area contributed by atoms with Crippen LogP contribution in [0.4, 0.5) is 8.78 Å². The average molecular weight is 742 g/mol. The van der Waals surface area contributed by atoms with Gasteiger partial charge in [0.2, 0.25) is 17.7 Å². The van der Waals surface area contributed by atoms with E-state index in [2.05, 4.69) is 27.4 Å². The predicted octanol–water partition coefficient (Wildman–Crippen LogP) is 6.18. The van der Waals surface area contributed by atoms with Gasteiger partial charge in [0.1, 0.15) is 12.1 Å². The van der Waals surface area contributed by atoms with E-state index in [0.717, 1.165) is 73.3 Å². The van der Waals surface area contributed by atoms with Crippen molar-refractivity contribution in [3.05, 3.63) is 41.0 Å². The normalized spacial score (nSPS) is 26.7. The Bertz CT molecular complexity index is 1590. The molecule has 2 aromatic rings. The summed E-state index contributed by atoms with van der Waals surface area (Å²) in [6.45, 7) is 12.0. The zero-order chi connectivity index (χ0) is 37.5. The first kappa shape index (κ1) is 38.8. The molecule has 3 amide bonds. The second-order valence-corrected chi connectivity index (χ2v) is 18.5. The van der Waals surface area contributed by atoms with E-state index in [9.17, 15) is 28.3 Å². The van der Waals surface area contributed by atoms with E-state index in [0.29, 0.717) is 25.9 Å². The number of rotatable bonds is 11. The molecule has 0 bridgehead atoms. The van der Waals surface area contributed by atoms with Crippen LogP contribution in [0.3, 0.4) is 0 Å². The van der Waals surface area contributed by atoms with E-state index in [1.165, 1.54) is 0 Å². The standard InChI is InChI=1S/C40H57F2N5O4S/c1-26-18-31(35(50)43-20-29-6-8-30(9-7-29)33-27(2)44-25-52-33)47(21-26)36(51)34(37(3,4)5)45-32(49)19-28-10-12-38(13-11-28)14-16-46(17-15-38)23-39(24-48)22-40(39,41)42/h6-9,25-26,28,31,34,48H,10-24H2,1-5H3,(H,43,50)(H,45,49)/t26-,31+,34-,39-/m1/s1. The zero-order valence-electron chi connectivity index (χ0n) is 31.5. The molecule has 6 rings (SSSR count). The van der Waals surface area contributed by atoms with Gasteiger partial charge in [-0.15, -0.1) is 11.3 Å². The number of hydrogen-bond donors (Lipinski definition) is 3. The Balaban J connectivity index is 0.989. The number of alkyl halides is 2. The maximum absolute atomic E-state index is 14.2. The summed E-state index contributed by atoms with van der Waals surface area (Å²) in [5, 5.41) is 15.8. The number of aliphatic hydroxyl groups is 1. The van der Waals surface area contributed by atoms with Crippen LogP contribution in [0, 0.1) is 35.0 Å². The van der Waals surface area contributed by atoms with Crippen LogP contribution in [-0.2, 0) is 20.9 Å². The zero-order valence-corrected chi connectivity index (χ0v) is 32.3. The van der Waals surface area contributed by atoms with Crippen LogP contribution in [-0.4, -0.2) is 88.4 Å². The molecule has 2 aliphatic heterocycles. The van der Waals surface area contributed by atoms with Gasteiger partial charge in [-0.25, -0.2) is 13.8 Å². The van der Waals surface area contributed by atoms with E-state index in [4.69, 9.17) is 0 Å². The Labute approximate surface area is 311 Å². The largest absolute Gasteiger partial charge is 0.396 e. The van der Waals surface area contributed by atoms with Crippen LogP contribution in [0.25, 0.3) is 10.4 Å². The minimum absolute atomic E-state index is 0.131. The molecular formula is C40H57F2N5O4S. The molecule has 2 saturated heterocycles. The SMILES string of the molecule is Cc1ncsc1-c1ccc(CNC(=O)[C@@H]2C[C@@H](C)CN2C(=O)[C@@H](NC(=O)CC2CCC3(CC2)CCN(C[C@@]2(CO)CC2(F)F)CC3)C(C)(C)C)cc1. The second-order valence-electron chi connectivity index (χ2n) is 17.6. The lowest BCUT2D eigenvalue weighted by Gasteiger charge is -2.46. The van der Waals surface area contributed by atoms with Gasteiger partial charge in [-0.2, -0.15) is 0 Å². The molecule has 1 aromatic carbocycles. The third kappa shape index (κ3) is 8.39. The summed E-state index contributed by atoms with van der Waals surface area (Å²) >= 11 is 1.60. The second kappa shape index (κ2) is 15.1. The lowest BCUT2D eigenvalue weighted by molar-refractivity contribution is -0.144. The minimum Gasteiger partial charge on any atom is -0.396 e. The Morgan fingerprint density at radius 2 is 1.73 bits per heavy atom. The molecule has 2 aliphatic carbocycles. The predicted molar refractivity (Wildman–Crippen MR) is 199 cm³/mol. The highest BCUT2D eigenvalue weighted by molar-refractivity contribution is 7.13. The number of aromatic nitrogens is 1. The Kier molecular flexibility index (Phi) is 11.2. The van der Waals surface area contributed by atoms with Gasteiger partial charge < -0.3 is 25.5 Å². The van der Waals surface area contributed by atoms with Crippen LogP contribution >= 0.6 is 11.3 Å². The quantitative estimate of drug-likeness (QED) is 0.254. The topological polar surface area (TPSA) is 115 Å². The number of carbonyl (C=O) groups excluding carboxylic acids is 3. The van der Waals surface area contributed by atoms with Crippen molar-refractivity contribution in [2.24, 2.45) is 28.1 Å². The minimum atomic E-state index is -2.76. The van der Waals surface area contributed by atoms with Crippen molar-refractivity contribution in [2.75, 3.05) is 32.8 Å². The lowest BCUT2D eigenvalue weighted by atomic mass is 9.65. The van der Waals surface area contributed by atoms with Gasteiger partial charge in [0.15, 0.2) is 0 Å². The van der Waals surface area contributed by atoms with Gasteiger partial charge in [-0.1, -0.05) is 52.0 Å². The van der Waals surface area contributed by atoms with E-state index in [1.807, 2.05) is 57.5 Å². The van der Waals surface area contributed by atoms with Crippen molar-refractivity contribution >= 4 is 29.1 Å². The number of thiazole rings is 1. The highest BCUT2D eigenvalue weighted by Crippen LogP contribution is 2.61. The third-order valence-electron chi connectivity index (χ3n) is 12.5. The molecule has 2 saturated carbocycles. The lowest BCUT2D eigenvalue weighted by Crippen LogP contribution is -2.57. The average Bonchev–Trinajstić information content (AvgIpc) is 3.39. The maximum atomic E-state index is 14.2. The van der Waals surface area contributed by atoms with E-state index in [1.54, 1.807) is 16.2 Å². The van der Waals surface area contributed by atoms with Crippen molar-refractivity contribution in [2.45, 2.75) is 117 Å². The molecule has 4 fully saturated rings. The van der Waals surface area contributed by atoms with Crippen LogP contribution in [0.15, 0.2) is 29.8 Å². The van der Waals surface area contributed by atoms with Gasteiger partial charge in [-0.3, -0.25) is 14.4 Å². The van der Waals surface area contributed by atoms with Crippen LogP contribution in [0.1, 0.15) is 96.7 Å². The maximum Gasteiger partial charge on any atom is 0.258 e. The molecule has 0 radical (unpaired) electrons. The highest BCUT2D eigenvalue weighted by Gasteiger charge is 2.71. The van der Waals surface area contributed by atoms with Crippen molar-refractivity contribution in [1.29, 1.82) is 0 Å². The van der Waals surface area contributed by atoms with E-state index < -0.39 is 35.4 Å². The molecule has 286 valence electrons. The monoisotopic (exact) mass is 741 g/mol. The number of amides is 3. The van der Waals surface area contributed by atoms with Gasteiger partial charge in [0.05, 0.1) is 28.1 Å². The first-order chi connectivity index (χ1) is 24.5. The smallest absolute Gasteiger partial charge is 0.258 e. The number of piperidine rings is 1. The van der Waals surface area contributed by atoms with Gasteiger partial charge in [0, 0.05) is 32.5 Å². The number of hydrogen-bond acceptors (Lipinski definition) is 7. The van der Waals surface area contributed by atoms with Crippen LogP contribution in [0.5, 0.6) is 0 Å². The number of likely N-dealkylation sites (tertiary alicyclic amines) is 2. The highest BCUT2D eigenvalue weighted by atomic mass is 32.1. The van der Waals surface area contributed by atoms with Crippen molar-refractivity contribution in [1.82, 2.24) is 25.4 Å². The van der Waals surface area contributed by atoms with Crippen molar-refractivity contribution in [3.63, 3.8) is 0 Å². The Hall–Kier alpha value is -2.96. The number of aliphatic hydroxyl groups excluding tert-OH is 1. The number of aryl methyl sites for hydroxylation is 1. The molecule has 52 heavy (non-hydrogen) atoms. The fourth-order valence-electron chi connectivity index (χ4n) is 8.88. The molecular weight excluding hydrogens is 685 g/mol. The molecule has 0 unspecified atom stereocenters. The first-order valence-electron chi connectivity index (χ1n) is 19.1. The number of benzene rings is 1. The number of halogens is 2. The first-order valence-corrected chi connectivity index (χ1v) is 20.0. The fourth-order valence-corrected chi connectivity index (χ4v) is 9.69. The number of carbonyl (C=O) groups is 3. The number of nitrogens with one attached hydrogen (secondary N) is 2. The molecule has 12 heteroatoms. The molecule has 4 atom stereocenters.